The Labute approximate surface area is 76.9 Å². The molecule has 0 aromatic carbocycles. The molecule has 13 heavy (non-hydrogen) atoms. The van der Waals surface area contributed by atoms with Crippen LogP contribution in [0.1, 0.15) is 11.3 Å². The van der Waals surface area contributed by atoms with E-state index in [1.165, 1.54) is 0 Å². The number of nitrogens with one attached hydrogen (secondary N) is 1. The van der Waals surface area contributed by atoms with Gasteiger partial charge in [-0.2, -0.15) is 5.10 Å². The molecule has 1 aromatic rings. The molecule has 1 aromatic heterocycles. The van der Waals surface area contributed by atoms with E-state index in [2.05, 4.69) is 10.4 Å². The van der Waals surface area contributed by atoms with Crippen molar-refractivity contribution in [3.63, 3.8) is 0 Å². The monoisotopic (exact) mass is 182 g/mol. The number of nitrogens with zero attached hydrogens (tertiary/aromatic N) is 2. The third-order valence-electron chi connectivity index (χ3n) is 1.95. The molecule has 0 saturated carbocycles. The number of carbonyl (C=O) groups excluding carboxylic acids is 1. The maximum atomic E-state index is 10.4. The molecule has 1 rings (SSSR count). The smallest absolute Gasteiger partial charge is 0.231 e. The van der Waals surface area contributed by atoms with Gasteiger partial charge in [-0.1, -0.05) is 0 Å². The Morgan fingerprint density at radius 2 is 2.46 bits per heavy atom. The summed E-state index contributed by atoms with van der Waals surface area (Å²) >= 11 is 0. The van der Waals surface area contributed by atoms with E-state index in [9.17, 15) is 4.79 Å². The van der Waals surface area contributed by atoms with Gasteiger partial charge in [0.05, 0.1) is 12.7 Å². The molecule has 0 bridgehead atoms. The van der Waals surface area contributed by atoms with Crippen LogP contribution in [0.5, 0.6) is 0 Å². The first-order valence-corrected chi connectivity index (χ1v) is 4.07. The SMILES string of the molecule is Cc1c(CNCC(N)=O)cnn1C. The molecule has 0 unspecified atom stereocenters. The molecule has 1 amide bonds. The van der Waals surface area contributed by atoms with E-state index >= 15 is 0 Å². The Bertz CT molecular complexity index is 305. The van der Waals surface area contributed by atoms with E-state index in [0.29, 0.717) is 6.54 Å². The van der Waals surface area contributed by atoms with Gasteiger partial charge in [-0.05, 0) is 6.92 Å². The van der Waals surface area contributed by atoms with Crippen LogP contribution >= 0.6 is 0 Å². The van der Waals surface area contributed by atoms with Crippen LogP contribution in [0.25, 0.3) is 0 Å². The number of hydrogen-bond donors (Lipinski definition) is 2. The summed E-state index contributed by atoms with van der Waals surface area (Å²) in [6.07, 6.45) is 1.78. The van der Waals surface area contributed by atoms with Crippen molar-refractivity contribution in [1.29, 1.82) is 0 Å². The van der Waals surface area contributed by atoms with Crippen molar-refractivity contribution in [3.8, 4) is 0 Å². The molecule has 72 valence electrons. The Morgan fingerprint density at radius 3 is 2.92 bits per heavy atom. The second-order valence-electron chi connectivity index (χ2n) is 2.95. The van der Waals surface area contributed by atoms with Crippen LogP contribution in [-0.4, -0.2) is 22.2 Å². The maximum absolute atomic E-state index is 10.4. The van der Waals surface area contributed by atoms with Crippen LogP contribution in [0.3, 0.4) is 0 Å². The molecule has 0 fully saturated rings. The van der Waals surface area contributed by atoms with Crippen LogP contribution in [0.2, 0.25) is 0 Å². The van der Waals surface area contributed by atoms with Gasteiger partial charge in [0, 0.05) is 24.8 Å². The highest BCUT2D eigenvalue weighted by molar-refractivity contribution is 5.75. The fourth-order valence-corrected chi connectivity index (χ4v) is 1.04. The third-order valence-corrected chi connectivity index (χ3v) is 1.95. The summed E-state index contributed by atoms with van der Waals surface area (Å²) in [5.41, 5.74) is 7.16. The average Bonchev–Trinajstić information content (AvgIpc) is 2.35. The number of rotatable bonds is 4. The molecule has 0 atom stereocenters. The summed E-state index contributed by atoms with van der Waals surface area (Å²) < 4.78 is 1.79. The Balaban J connectivity index is 2.45. The Morgan fingerprint density at radius 1 is 1.77 bits per heavy atom. The lowest BCUT2D eigenvalue weighted by atomic mass is 10.2. The number of aromatic nitrogens is 2. The topological polar surface area (TPSA) is 72.9 Å². The molecular weight excluding hydrogens is 168 g/mol. The fourth-order valence-electron chi connectivity index (χ4n) is 1.04. The van der Waals surface area contributed by atoms with Crippen LogP contribution in [-0.2, 0) is 18.4 Å². The molecular formula is C8H14N4O. The summed E-state index contributed by atoms with van der Waals surface area (Å²) in [7, 11) is 1.88. The molecule has 0 spiro atoms. The minimum Gasteiger partial charge on any atom is -0.369 e. The number of primary amides is 1. The number of hydrogen-bond acceptors (Lipinski definition) is 3. The highest BCUT2D eigenvalue weighted by atomic mass is 16.1. The van der Waals surface area contributed by atoms with Crippen molar-refractivity contribution >= 4 is 5.91 Å². The Hall–Kier alpha value is -1.36. The van der Waals surface area contributed by atoms with Crippen molar-refractivity contribution < 1.29 is 4.79 Å². The first kappa shape index (κ1) is 9.73. The maximum Gasteiger partial charge on any atom is 0.231 e. The first-order chi connectivity index (χ1) is 6.11. The number of amides is 1. The van der Waals surface area contributed by atoms with Crippen LogP contribution in [0.4, 0.5) is 0 Å². The van der Waals surface area contributed by atoms with Crippen molar-refractivity contribution in [2.75, 3.05) is 6.54 Å². The number of carbonyl (C=O) groups is 1. The lowest BCUT2D eigenvalue weighted by molar-refractivity contribution is -0.117. The van der Waals surface area contributed by atoms with E-state index in [1.54, 1.807) is 10.9 Å². The molecule has 3 N–H and O–H groups in total. The summed E-state index contributed by atoms with van der Waals surface area (Å²) in [5.74, 6) is -0.346. The van der Waals surface area contributed by atoms with Gasteiger partial charge in [-0.3, -0.25) is 9.48 Å². The second kappa shape index (κ2) is 4.04. The normalized spacial score (nSPS) is 10.3. The third kappa shape index (κ3) is 2.55. The lowest BCUT2D eigenvalue weighted by Crippen LogP contribution is -2.28. The minimum atomic E-state index is -0.346. The number of aryl methyl sites for hydroxylation is 1. The van der Waals surface area contributed by atoms with E-state index in [0.717, 1.165) is 11.3 Å². The molecule has 5 nitrogen and oxygen atoms in total. The van der Waals surface area contributed by atoms with E-state index in [-0.39, 0.29) is 12.5 Å². The highest BCUT2D eigenvalue weighted by Crippen LogP contribution is 2.03. The van der Waals surface area contributed by atoms with E-state index < -0.39 is 0 Å². The lowest BCUT2D eigenvalue weighted by Gasteiger charge is -2.01. The van der Waals surface area contributed by atoms with Crippen molar-refractivity contribution in [2.45, 2.75) is 13.5 Å². The first-order valence-electron chi connectivity index (χ1n) is 4.07. The molecule has 0 aliphatic carbocycles. The zero-order chi connectivity index (χ0) is 9.84. The highest BCUT2D eigenvalue weighted by Gasteiger charge is 2.02. The van der Waals surface area contributed by atoms with Gasteiger partial charge in [0.25, 0.3) is 0 Å². The van der Waals surface area contributed by atoms with Gasteiger partial charge in [0.15, 0.2) is 0 Å². The zero-order valence-electron chi connectivity index (χ0n) is 7.87. The van der Waals surface area contributed by atoms with Gasteiger partial charge >= 0.3 is 0 Å². The summed E-state index contributed by atoms with van der Waals surface area (Å²) in [6, 6.07) is 0. The van der Waals surface area contributed by atoms with Crippen molar-refractivity contribution in [1.82, 2.24) is 15.1 Å². The molecule has 1 heterocycles. The molecule has 0 aliphatic rings. The van der Waals surface area contributed by atoms with Crippen LogP contribution < -0.4 is 11.1 Å². The standard InChI is InChI=1S/C8H14N4O/c1-6-7(4-11-12(6)2)3-10-5-8(9)13/h4,10H,3,5H2,1-2H3,(H2,9,13). The van der Waals surface area contributed by atoms with Crippen LogP contribution in [0.15, 0.2) is 6.20 Å². The minimum absolute atomic E-state index is 0.203. The van der Waals surface area contributed by atoms with Gasteiger partial charge < -0.3 is 11.1 Å². The summed E-state index contributed by atoms with van der Waals surface area (Å²) in [5, 5.41) is 7.00. The fraction of sp³-hybridized carbons (Fsp3) is 0.500. The predicted molar refractivity (Wildman–Crippen MR) is 48.8 cm³/mol. The van der Waals surface area contributed by atoms with Crippen molar-refractivity contribution in [2.24, 2.45) is 12.8 Å². The predicted octanol–water partition coefficient (Wildman–Crippen LogP) is -0.697. The zero-order valence-corrected chi connectivity index (χ0v) is 7.87. The molecule has 5 heteroatoms. The Kier molecular flexibility index (Phi) is 3.02. The van der Waals surface area contributed by atoms with E-state index in [4.69, 9.17) is 5.73 Å². The largest absolute Gasteiger partial charge is 0.369 e. The van der Waals surface area contributed by atoms with Gasteiger partial charge in [0.2, 0.25) is 5.91 Å². The summed E-state index contributed by atoms with van der Waals surface area (Å²) in [4.78, 5) is 10.4. The van der Waals surface area contributed by atoms with Crippen LogP contribution in [0, 0.1) is 6.92 Å². The molecule has 0 radical (unpaired) electrons. The second-order valence-corrected chi connectivity index (χ2v) is 2.95. The molecule has 0 saturated heterocycles. The van der Waals surface area contributed by atoms with Gasteiger partial charge in [-0.15, -0.1) is 0 Å². The van der Waals surface area contributed by atoms with E-state index in [1.807, 2.05) is 14.0 Å². The summed E-state index contributed by atoms with van der Waals surface area (Å²) in [6.45, 7) is 2.81. The van der Waals surface area contributed by atoms with Gasteiger partial charge in [-0.25, -0.2) is 0 Å². The quantitative estimate of drug-likeness (QED) is 0.647. The van der Waals surface area contributed by atoms with Gasteiger partial charge in [0.1, 0.15) is 0 Å². The van der Waals surface area contributed by atoms with Crippen molar-refractivity contribution in [3.05, 3.63) is 17.5 Å². The molecule has 0 aliphatic heterocycles. The number of nitrogens with two attached hydrogens (primary N) is 1. The average molecular weight is 182 g/mol.